The molecule has 0 fully saturated rings. The summed E-state index contributed by atoms with van der Waals surface area (Å²) in [6, 6.07) is 4.75. The van der Waals surface area contributed by atoms with Crippen molar-refractivity contribution in [3.05, 3.63) is 58.9 Å². The van der Waals surface area contributed by atoms with E-state index >= 15 is 0 Å². The second-order valence-corrected chi connectivity index (χ2v) is 8.65. The van der Waals surface area contributed by atoms with Crippen molar-refractivity contribution in [3.63, 3.8) is 0 Å². The topological polar surface area (TPSA) is 81.2 Å². The van der Waals surface area contributed by atoms with Gasteiger partial charge in [0.15, 0.2) is 11.0 Å². The number of hydrogen-bond acceptors (Lipinski definition) is 6. The molecule has 2 heterocycles. The average Bonchev–Trinajstić information content (AvgIpc) is 2.61. The van der Waals surface area contributed by atoms with Gasteiger partial charge >= 0.3 is 0 Å². The van der Waals surface area contributed by atoms with Gasteiger partial charge in [0.1, 0.15) is 11.5 Å². The predicted molar refractivity (Wildman–Crippen MR) is 106 cm³/mol. The minimum atomic E-state index is -0.810. The maximum Gasteiger partial charge on any atom is 0.187 e. The van der Waals surface area contributed by atoms with Crippen LogP contribution in [0.25, 0.3) is 0 Å². The van der Waals surface area contributed by atoms with Crippen LogP contribution in [-0.2, 0) is 12.0 Å². The number of amidine groups is 1. The van der Waals surface area contributed by atoms with E-state index in [1.54, 1.807) is 18.3 Å². The van der Waals surface area contributed by atoms with Gasteiger partial charge in [0.05, 0.1) is 17.4 Å². The molecule has 0 unspecified atom stereocenters. The first-order chi connectivity index (χ1) is 12.6. The van der Waals surface area contributed by atoms with Gasteiger partial charge in [-0.25, -0.2) is 9.37 Å². The van der Waals surface area contributed by atoms with Crippen LogP contribution < -0.4 is 5.73 Å². The number of Topliss-reactive ketones (excluding diaryl/α,β-unsaturated/α-hetero) is 1. The van der Waals surface area contributed by atoms with Gasteiger partial charge in [0, 0.05) is 29.3 Å². The fraction of sp³-hybridized carbons (Fsp3) is 0.400. The Kier molecular flexibility index (Phi) is 5.08. The number of halogens is 1. The Hall–Kier alpha value is -2.28. The van der Waals surface area contributed by atoms with Crippen LogP contribution in [0.2, 0.25) is 0 Å². The number of aliphatic imine (C=N–C) groups is 1. The van der Waals surface area contributed by atoms with Gasteiger partial charge in [-0.1, -0.05) is 31.7 Å². The molecule has 3 rings (SSSR count). The molecule has 1 atom stereocenters. The number of rotatable bonds is 4. The predicted octanol–water partition coefficient (Wildman–Crippen LogP) is 3.65. The number of thioether (sulfide) groups is 1. The van der Waals surface area contributed by atoms with Crippen LogP contribution in [0.15, 0.2) is 35.6 Å². The molecule has 0 aliphatic carbocycles. The molecule has 0 spiro atoms. The third-order valence-corrected chi connectivity index (χ3v) is 6.47. The van der Waals surface area contributed by atoms with Crippen molar-refractivity contribution < 1.29 is 9.18 Å². The van der Waals surface area contributed by atoms with Crippen LogP contribution in [-0.4, -0.2) is 26.7 Å². The molecule has 1 aromatic carbocycles. The first-order valence-electron chi connectivity index (χ1n) is 8.71. The molecule has 5 nitrogen and oxygen atoms in total. The highest BCUT2D eigenvalue weighted by Gasteiger charge is 2.46. The molecular weight excluding hydrogens is 363 g/mol. The molecule has 1 aromatic heterocycles. The van der Waals surface area contributed by atoms with Gasteiger partial charge in [0.25, 0.3) is 0 Å². The highest BCUT2D eigenvalue weighted by Crippen LogP contribution is 2.48. The number of ketones is 1. The molecule has 7 heteroatoms. The molecule has 2 N–H and O–H groups in total. The Balaban J connectivity index is 1.96. The van der Waals surface area contributed by atoms with Gasteiger partial charge in [0.2, 0.25) is 0 Å². The number of aromatic nitrogens is 2. The number of nitrogens with two attached hydrogens (primary N) is 1. The van der Waals surface area contributed by atoms with Gasteiger partial charge in [-0.15, -0.1) is 0 Å². The normalized spacial score (nSPS) is 21.6. The zero-order valence-corrected chi connectivity index (χ0v) is 16.7. The Morgan fingerprint density at radius 1 is 1.26 bits per heavy atom. The van der Waals surface area contributed by atoms with Crippen LogP contribution in [0.4, 0.5) is 4.39 Å². The number of hydrogen-bond donors (Lipinski definition) is 1. The molecule has 0 amide bonds. The summed E-state index contributed by atoms with van der Waals surface area (Å²) in [5, 5.41) is 0.452. The summed E-state index contributed by atoms with van der Waals surface area (Å²) in [5.41, 5.74) is 7.05. The molecular formula is C20H23FN4OS. The van der Waals surface area contributed by atoms with Crippen LogP contribution in [0.1, 0.15) is 48.1 Å². The summed E-state index contributed by atoms with van der Waals surface area (Å²) >= 11 is 1.48. The number of nitrogens with zero attached hydrogens (tertiary/aromatic N) is 3. The van der Waals surface area contributed by atoms with Gasteiger partial charge in [-0.2, -0.15) is 0 Å². The smallest absolute Gasteiger partial charge is 0.187 e. The van der Waals surface area contributed by atoms with Gasteiger partial charge in [-0.05, 0) is 31.5 Å². The largest absolute Gasteiger partial charge is 0.379 e. The Bertz CT molecular complexity index is 911. The molecule has 2 aromatic rings. The number of aryl methyl sites for hydroxylation is 1. The Morgan fingerprint density at radius 2 is 2.00 bits per heavy atom. The highest BCUT2D eigenvalue weighted by molar-refractivity contribution is 8.13. The summed E-state index contributed by atoms with van der Waals surface area (Å²) in [6.45, 7) is 7.81. The second kappa shape index (κ2) is 7.03. The summed E-state index contributed by atoms with van der Waals surface area (Å²) in [5.74, 6) is 0.229. The SMILES string of the molecule is Cc1cnc(C(=O)Cc2ccc(F)c([C@@]3(C)N=C(N)SCC3(C)C)c2)cn1. The van der Waals surface area contributed by atoms with Crippen molar-refractivity contribution in [1.29, 1.82) is 0 Å². The zero-order chi connectivity index (χ0) is 19.8. The third kappa shape index (κ3) is 3.74. The standard InChI is InChI=1S/C20H23FN4OS/c1-12-9-24-16(10-23-12)17(26)8-13-5-6-15(21)14(7-13)20(4)19(2,3)11-27-18(22)25-20/h5-7,9-10H,8,11H2,1-4H3,(H2,22,25)/t20-/m1/s1. The molecule has 27 heavy (non-hydrogen) atoms. The van der Waals surface area contributed by atoms with Crippen molar-refractivity contribution in [2.24, 2.45) is 16.1 Å². The monoisotopic (exact) mass is 386 g/mol. The van der Waals surface area contributed by atoms with E-state index in [2.05, 4.69) is 28.8 Å². The molecule has 1 aliphatic rings. The van der Waals surface area contributed by atoms with Crippen LogP contribution >= 0.6 is 11.8 Å². The van der Waals surface area contributed by atoms with E-state index < -0.39 is 5.54 Å². The van der Waals surface area contributed by atoms with E-state index in [1.165, 1.54) is 24.0 Å². The fourth-order valence-corrected chi connectivity index (χ4v) is 4.13. The van der Waals surface area contributed by atoms with Crippen molar-refractivity contribution in [2.45, 2.75) is 39.7 Å². The summed E-state index contributed by atoms with van der Waals surface area (Å²) < 4.78 is 14.8. The van der Waals surface area contributed by atoms with E-state index in [4.69, 9.17) is 5.73 Å². The summed E-state index contributed by atoms with van der Waals surface area (Å²) in [7, 11) is 0. The van der Waals surface area contributed by atoms with Crippen LogP contribution in [0, 0.1) is 18.2 Å². The minimum Gasteiger partial charge on any atom is -0.379 e. The summed E-state index contributed by atoms with van der Waals surface area (Å²) in [6.07, 6.45) is 3.15. The van der Waals surface area contributed by atoms with Crippen molar-refractivity contribution in [3.8, 4) is 0 Å². The van der Waals surface area contributed by atoms with E-state index in [-0.39, 0.29) is 23.4 Å². The first kappa shape index (κ1) is 19.5. The molecule has 0 saturated carbocycles. The quantitative estimate of drug-likeness (QED) is 0.811. The zero-order valence-electron chi connectivity index (χ0n) is 15.9. The third-order valence-electron chi connectivity index (χ3n) is 5.22. The fourth-order valence-electron chi connectivity index (χ4n) is 3.09. The van der Waals surface area contributed by atoms with Crippen LogP contribution in [0.3, 0.4) is 0 Å². The lowest BCUT2D eigenvalue weighted by Crippen LogP contribution is -2.45. The number of carbonyl (C=O) groups excluding carboxylic acids is 1. The highest BCUT2D eigenvalue weighted by atomic mass is 32.2. The lowest BCUT2D eigenvalue weighted by atomic mass is 9.70. The van der Waals surface area contributed by atoms with E-state index in [1.807, 2.05) is 13.8 Å². The maximum atomic E-state index is 14.8. The lowest BCUT2D eigenvalue weighted by molar-refractivity contribution is 0.0987. The van der Waals surface area contributed by atoms with Crippen LogP contribution in [0.5, 0.6) is 0 Å². The molecule has 1 aliphatic heterocycles. The molecule has 0 bridgehead atoms. The van der Waals surface area contributed by atoms with E-state index in [0.717, 1.165) is 11.4 Å². The Morgan fingerprint density at radius 3 is 2.67 bits per heavy atom. The van der Waals surface area contributed by atoms with Gasteiger partial charge in [-0.3, -0.25) is 14.8 Å². The number of benzene rings is 1. The van der Waals surface area contributed by atoms with E-state index in [9.17, 15) is 9.18 Å². The second-order valence-electron chi connectivity index (χ2n) is 7.65. The Labute approximate surface area is 162 Å². The molecule has 0 radical (unpaired) electrons. The number of carbonyl (C=O) groups is 1. The van der Waals surface area contributed by atoms with Crippen molar-refractivity contribution in [1.82, 2.24) is 9.97 Å². The summed E-state index contributed by atoms with van der Waals surface area (Å²) in [4.78, 5) is 25.3. The molecule has 142 valence electrons. The lowest BCUT2D eigenvalue weighted by Gasteiger charge is -2.44. The van der Waals surface area contributed by atoms with Crippen molar-refractivity contribution >= 4 is 22.7 Å². The van der Waals surface area contributed by atoms with Gasteiger partial charge < -0.3 is 5.73 Å². The average molecular weight is 386 g/mol. The van der Waals surface area contributed by atoms with E-state index in [0.29, 0.717) is 22.0 Å². The minimum absolute atomic E-state index is 0.121. The molecule has 0 saturated heterocycles. The van der Waals surface area contributed by atoms with Crippen molar-refractivity contribution in [2.75, 3.05) is 5.75 Å². The maximum absolute atomic E-state index is 14.8. The first-order valence-corrected chi connectivity index (χ1v) is 9.70.